The molecule has 2 N–H and O–H groups in total. The molecule has 0 aliphatic heterocycles. The Hall–Kier alpha value is -5.09. The number of terminal acetylenes is 1. The minimum atomic E-state index is -1.18. The van der Waals surface area contributed by atoms with Crippen molar-refractivity contribution in [3.05, 3.63) is 113 Å². The van der Waals surface area contributed by atoms with Gasteiger partial charge in [-0.1, -0.05) is 85.3 Å². The standard InChI is InChI=1S/C36H37N3O4/c1-7-39(34(41)31(22-26-15-9-8-10-16-26)38-35(42)43-36(4,5)6)32(30-19-13-14-24(2)25(30)3)33(40)37-29-21-20-27-17-11-12-18-28(27)23-29/h1,8-21,23,31-32H,22H2,2-6H3,(H,37,40)(H,38,42). The summed E-state index contributed by atoms with van der Waals surface area (Å²) in [6.45, 7) is 9.04. The van der Waals surface area contributed by atoms with Crippen molar-refractivity contribution in [2.45, 2.75) is 58.7 Å². The van der Waals surface area contributed by atoms with E-state index in [9.17, 15) is 14.4 Å². The maximum atomic E-state index is 14.3. The number of carbonyl (C=O) groups excluding carboxylic acids is 3. The van der Waals surface area contributed by atoms with Crippen LogP contribution < -0.4 is 10.6 Å². The lowest BCUT2D eigenvalue weighted by Crippen LogP contribution is -2.51. The zero-order chi connectivity index (χ0) is 31.1. The Morgan fingerprint density at radius 3 is 2.23 bits per heavy atom. The third-order valence-electron chi connectivity index (χ3n) is 7.11. The summed E-state index contributed by atoms with van der Waals surface area (Å²) in [6.07, 6.45) is 5.38. The fourth-order valence-corrected chi connectivity index (χ4v) is 4.88. The largest absolute Gasteiger partial charge is 0.444 e. The molecular weight excluding hydrogens is 538 g/mol. The summed E-state index contributed by atoms with van der Waals surface area (Å²) in [5.74, 6) is -1.09. The van der Waals surface area contributed by atoms with Crippen LogP contribution in [0.1, 0.15) is 49.1 Å². The van der Waals surface area contributed by atoms with Crippen molar-refractivity contribution in [2.75, 3.05) is 5.32 Å². The Morgan fingerprint density at radius 2 is 1.56 bits per heavy atom. The number of anilines is 1. The lowest BCUT2D eigenvalue weighted by molar-refractivity contribution is -0.136. The molecule has 220 valence electrons. The molecule has 43 heavy (non-hydrogen) atoms. The molecule has 0 aliphatic rings. The Kier molecular flexibility index (Phi) is 9.52. The Labute approximate surface area is 253 Å². The molecule has 0 fully saturated rings. The highest BCUT2D eigenvalue weighted by Crippen LogP contribution is 2.29. The van der Waals surface area contributed by atoms with Gasteiger partial charge in [-0.2, -0.15) is 0 Å². The van der Waals surface area contributed by atoms with Crippen LogP contribution in [0.3, 0.4) is 0 Å². The van der Waals surface area contributed by atoms with E-state index in [0.29, 0.717) is 11.3 Å². The van der Waals surface area contributed by atoms with Gasteiger partial charge in [0.1, 0.15) is 17.7 Å². The minimum absolute atomic E-state index is 0.142. The summed E-state index contributed by atoms with van der Waals surface area (Å²) in [7, 11) is 0. The molecule has 0 heterocycles. The van der Waals surface area contributed by atoms with Gasteiger partial charge in [0, 0.05) is 18.2 Å². The number of rotatable bonds is 8. The first-order valence-corrected chi connectivity index (χ1v) is 14.2. The van der Waals surface area contributed by atoms with Crippen LogP contribution in [0.4, 0.5) is 10.5 Å². The zero-order valence-corrected chi connectivity index (χ0v) is 25.2. The Morgan fingerprint density at radius 1 is 0.884 bits per heavy atom. The molecule has 7 heteroatoms. The van der Waals surface area contributed by atoms with E-state index in [1.54, 1.807) is 26.8 Å². The van der Waals surface area contributed by atoms with E-state index in [4.69, 9.17) is 11.2 Å². The van der Waals surface area contributed by atoms with E-state index in [-0.39, 0.29) is 6.42 Å². The predicted molar refractivity (Wildman–Crippen MR) is 170 cm³/mol. The normalized spacial score (nSPS) is 12.5. The van der Waals surface area contributed by atoms with Gasteiger partial charge in [-0.3, -0.25) is 14.5 Å². The van der Waals surface area contributed by atoms with Gasteiger partial charge < -0.3 is 15.4 Å². The number of alkyl carbamates (subject to hydrolysis) is 1. The van der Waals surface area contributed by atoms with Crippen molar-refractivity contribution < 1.29 is 19.1 Å². The molecule has 0 saturated carbocycles. The van der Waals surface area contributed by atoms with Crippen molar-refractivity contribution in [3.8, 4) is 12.5 Å². The molecule has 4 aromatic rings. The predicted octanol–water partition coefficient (Wildman–Crippen LogP) is 6.69. The average Bonchev–Trinajstić information content (AvgIpc) is 2.96. The van der Waals surface area contributed by atoms with E-state index in [1.165, 1.54) is 0 Å². The molecule has 0 spiro atoms. The number of nitrogens with one attached hydrogen (secondary N) is 2. The molecule has 3 amide bonds. The first-order valence-electron chi connectivity index (χ1n) is 14.2. The fourth-order valence-electron chi connectivity index (χ4n) is 4.88. The molecule has 2 atom stereocenters. The maximum Gasteiger partial charge on any atom is 0.408 e. The lowest BCUT2D eigenvalue weighted by Gasteiger charge is -2.31. The number of aryl methyl sites for hydroxylation is 1. The van der Waals surface area contributed by atoms with Gasteiger partial charge in [0.15, 0.2) is 0 Å². The molecule has 0 saturated heterocycles. The van der Waals surface area contributed by atoms with Gasteiger partial charge in [0.2, 0.25) is 0 Å². The van der Waals surface area contributed by atoms with Gasteiger partial charge in [-0.25, -0.2) is 4.79 Å². The van der Waals surface area contributed by atoms with E-state index in [0.717, 1.165) is 32.4 Å². The van der Waals surface area contributed by atoms with Gasteiger partial charge in [-0.15, -0.1) is 0 Å². The number of ether oxygens (including phenoxy) is 1. The molecular formula is C36H37N3O4. The molecule has 0 radical (unpaired) electrons. The first kappa shape index (κ1) is 30.9. The van der Waals surface area contributed by atoms with Gasteiger partial charge in [0.05, 0.1) is 0 Å². The van der Waals surface area contributed by atoms with Crippen LogP contribution in [0.2, 0.25) is 0 Å². The SMILES string of the molecule is C#CN(C(=O)C(Cc1ccccc1)NC(=O)OC(C)(C)C)C(C(=O)Nc1ccc2ccccc2c1)c1cccc(C)c1C. The first-order chi connectivity index (χ1) is 20.5. The molecule has 7 nitrogen and oxygen atoms in total. The third kappa shape index (κ3) is 7.81. The number of carbonyl (C=O) groups is 3. The molecule has 0 bridgehead atoms. The van der Waals surface area contributed by atoms with Crippen molar-refractivity contribution >= 4 is 34.4 Å². The summed E-state index contributed by atoms with van der Waals surface area (Å²) in [4.78, 5) is 42.3. The molecule has 0 aromatic heterocycles. The Bertz CT molecular complexity index is 1670. The number of amides is 3. The highest BCUT2D eigenvalue weighted by molar-refractivity contribution is 6.01. The second-order valence-corrected chi connectivity index (χ2v) is 11.5. The quantitative estimate of drug-likeness (QED) is 0.181. The topological polar surface area (TPSA) is 87.7 Å². The lowest BCUT2D eigenvalue weighted by atomic mass is 9.94. The van der Waals surface area contributed by atoms with Crippen LogP contribution in [-0.2, 0) is 20.7 Å². The fraction of sp³-hybridized carbons (Fsp3) is 0.250. The van der Waals surface area contributed by atoms with Gasteiger partial charge >= 0.3 is 6.09 Å². The number of fused-ring (bicyclic) bond motifs is 1. The van der Waals surface area contributed by atoms with Crippen molar-refractivity contribution in [1.82, 2.24) is 10.2 Å². The number of hydrogen-bond acceptors (Lipinski definition) is 4. The second-order valence-electron chi connectivity index (χ2n) is 11.5. The summed E-state index contributed by atoms with van der Waals surface area (Å²) in [6, 6.07) is 28.4. The smallest absolute Gasteiger partial charge is 0.408 e. The Balaban J connectivity index is 1.73. The van der Waals surface area contributed by atoms with Crippen LogP contribution in [0.15, 0.2) is 91.0 Å². The summed E-state index contributed by atoms with van der Waals surface area (Å²) in [5, 5.41) is 7.66. The molecule has 0 aliphatic carbocycles. The van der Waals surface area contributed by atoms with Gasteiger partial charge in [-0.05, 0) is 79.8 Å². The summed E-state index contributed by atoms with van der Waals surface area (Å²) < 4.78 is 5.46. The molecule has 4 rings (SSSR count). The highest BCUT2D eigenvalue weighted by atomic mass is 16.6. The van der Waals surface area contributed by atoms with E-state index < -0.39 is 35.6 Å². The van der Waals surface area contributed by atoms with Crippen molar-refractivity contribution in [2.24, 2.45) is 0 Å². The maximum absolute atomic E-state index is 14.3. The van der Waals surface area contributed by atoms with Crippen LogP contribution in [0.25, 0.3) is 10.8 Å². The average molecular weight is 576 g/mol. The van der Waals surface area contributed by atoms with Crippen LogP contribution in [0.5, 0.6) is 0 Å². The minimum Gasteiger partial charge on any atom is -0.444 e. The zero-order valence-electron chi connectivity index (χ0n) is 25.2. The molecule has 4 aromatic carbocycles. The van der Waals surface area contributed by atoms with E-state index in [1.807, 2.05) is 98.8 Å². The van der Waals surface area contributed by atoms with Gasteiger partial charge in [0.25, 0.3) is 11.8 Å². The van der Waals surface area contributed by atoms with E-state index >= 15 is 0 Å². The van der Waals surface area contributed by atoms with Crippen LogP contribution in [0, 0.1) is 26.3 Å². The number of nitrogens with zero attached hydrogens (tertiary/aromatic N) is 1. The number of benzene rings is 4. The number of hydrogen-bond donors (Lipinski definition) is 2. The highest BCUT2D eigenvalue weighted by Gasteiger charge is 2.37. The summed E-state index contributed by atoms with van der Waals surface area (Å²) >= 11 is 0. The van der Waals surface area contributed by atoms with Crippen LogP contribution in [-0.4, -0.2) is 34.5 Å². The van der Waals surface area contributed by atoms with E-state index in [2.05, 4.69) is 16.7 Å². The summed E-state index contributed by atoms with van der Waals surface area (Å²) in [5.41, 5.74) is 2.94. The third-order valence-corrected chi connectivity index (χ3v) is 7.11. The second kappa shape index (κ2) is 13.3. The van der Waals surface area contributed by atoms with Crippen LogP contribution >= 0.6 is 0 Å². The molecule has 2 unspecified atom stereocenters. The van der Waals surface area contributed by atoms with Crippen molar-refractivity contribution in [1.29, 1.82) is 0 Å². The monoisotopic (exact) mass is 575 g/mol. The van der Waals surface area contributed by atoms with Crippen molar-refractivity contribution in [3.63, 3.8) is 0 Å².